The Morgan fingerprint density at radius 2 is 1.64 bits per heavy atom. The Bertz CT molecular complexity index is 1350. The van der Waals surface area contributed by atoms with E-state index in [1.165, 1.54) is 17.0 Å². The molecule has 208 valence electrons. The number of unbranched alkanes of at least 4 members (excludes halogenated alkanes) is 1. The van der Waals surface area contributed by atoms with E-state index in [1.54, 1.807) is 42.5 Å². The molecule has 0 aromatic heterocycles. The number of halogens is 1. The molecular formula is C30H36BrN3O4S. The summed E-state index contributed by atoms with van der Waals surface area (Å²) in [4.78, 5) is 28.8. The van der Waals surface area contributed by atoms with Crippen molar-refractivity contribution in [1.82, 2.24) is 10.2 Å². The van der Waals surface area contributed by atoms with Crippen molar-refractivity contribution in [3.8, 4) is 0 Å². The Morgan fingerprint density at radius 1 is 0.949 bits per heavy atom. The zero-order valence-electron chi connectivity index (χ0n) is 22.6. The van der Waals surface area contributed by atoms with E-state index in [4.69, 9.17) is 0 Å². The van der Waals surface area contributed by atoms with Crippen molar-refractivity contribution in [2.75, 3.05) is 17.4 Å². The fraction of sp³-hybridized carbons (Fsp3) is 0.333. The monoisotopic (exact) mass is 613 g/mol. The fourth-order valence-corrected chi connectivity index (χ4v) is 5.99. The van der Waals surface area contributed by atoms with Crippen LogP contribution in [0.1, 0.15) is 44.2 Å². The summed E-state index contributed by atoms with van der Waals surface area (Å²) in [5.41, 5.74) is 2.25. The molecule has 0 radical (unpaired) electrons. The summed E-state index contributed by atoms with van der Waals surface area (Å²) < 4.78 is 29.5. The average Bonchev–Trinajstić information content (AvgIpc) is 2.92. The van der Waals surface area contributed by atoms with Gasteiger partial charge in [0.2, 0.25) is 11.8 Å². The van der Waals surface area contributed by atoms with Crippen molar-refractivity contribution < 1.29 is 18.0 Å². The average molecular weight is 615 g/mol. The van der Waals surface area contributed by atoms with Crippen molar-refractivity contribution in [3.05, 3.63) is 94.5 Å². The number of amides is 2. The summed E-state index contributed by atoms with van der Waals surface area (Å²) in [5, 5.41) is 2.94. The van der Waals surface area contributed by atoms with Crippen molar-refractivity contribution >= 4 is 43.5 Å². The summed E-state index contributed by atoms with van der Waals surface area (Å²) in [6.45, 7) is 6.11. The lowest BCUT2D eigenvalue weighted by molar-refractivity contribution is -0.140. The van der Waals surface area contributed by atoms with Crippen LogP contribution in [0, 0.1) is 6.92 Å². The maximum Gasteiger partial charge on any atom is 0.264 e. The van der Waals surface area contributed by atoms with Crippen LogP contribution in [0.5, 0.6) is 0 Å². The van der Waals surface area contributed by atoms with Gasteiger partial charge in [0.25, 0.3) is 10.0 Å². The van der Waals surface area contributed by atoms with Crippen molar-refractivity contribution in [2.45, 2.75) is 57.5 Å². The molecule has 0 fully saturated rings. The summed E-state index contributed by atoms with van der Waals surface area (Å²) >= 11 is 3.39. The molecule has 1 atom stereocenters. The quantitative estimate of drug-likeness (QED) is 0.251. The van der Waals surface area contributed by atoms with E-state index in [2.05, 4.69) is 21.2 Å². The second-order valence-corrected chi connectivity index (χ2v) is 12.2. The molecule has 0 aliphatic carbocycles. The highest BCUT2D eigenvalue weighted by atomic mass is 79.9. The third-order valence-corrected chi connectivity index (χ3v) is 8.69. The van der Waals surface area contributed by atoms with Gasteiger partial charge in [0.15, 0.2) is 0 Å². The minimum absolute atomic E-state index is 0.0790. The maximum absolute atomic E-state index is 14.0. The van der Waals surface area contributed by atoms with Crippen LogP contribution in [0.2, 0.25) is 0 Å². The number of sulfonamides is 1. The minimum atomic E-state index is -4.08. The van der Waals surface area contributed by atoms with Crippen molar-refractivity contribution in [2.24, 2.45) is 0 Å². The number of hydrogen-bond acceptors (Lipinski definition) is 4. The van der Waals surface area contributed by atoms with Crippen LogP contribution in [-0.4, -0.2) is 44.3 Å². The highest BCUT2D eigenvalue weighted by Gasteiger charge is 2.33. The summed E-state index contributed by atoms with van der Waals surface area (Å²) in [6.07, 6.45) is 2.16. The summed E-state index contributed by atoms with van der Waals surface area (Å²) in [5.74, 6) is -0.704. The molecule has 2 amide bonds. The Kier molecular flexibility index (Phi) is 11.1. The van der Waals surface area contributed by atoms with Gasteiger partial charge in [-0.05, 0) is 61.7 Å². The topological polar surface area (TPSA) is 86.8 Å². The first-order valence-corrected chi connectivity index (χ1v) is 15.4. The zero-order chi connectivity index (χ0) is 28.4. The summed E-state index contributed by atoms with van der Waals surface area (Å²) in [6, 6.07) is 21.8. The number of carbonyl (C=O) groups excluding carboxylic acids is 2. The van der Waals surface area contributed by atoms with Gasteiger partial charge in [-0.25, -0.2) is 8.42 Å². The molecule has 7 nitrogen and oxygen atoms in total. The lowest BCUT2D eigenvalue weighted by atomic mass is 10.1. The lowest BCUT2D eigenvalue weighted by Gasteiger charge is -2.33. The number of carbonyl (C=O) groups is 2. The Labute approximate surface area is 240 Å². The van der Waals surface area contributed by atoms with E-state index < -0.39 is 28.5 Å². The number of aryl methyl sites for hydroxylation is 1. The second kappa shape index (κ2) is 14.3. The molecule has 3 aromatic rings. The lowest BCUT2D eigenvalue weighted by Crippen LogP contribution is -2.52. The van der Waals surface area contributed by atoms with Gasteiger partial charge in [0.05, 0.1) is 10.6 Å². The van der Waals surface area contributed by atoms with Gasteiger partial charge in [-0.1, -0.05) is 84.2 Å². The van der Waals surface area contributed by atoms with Crippen LogP contribution in [0.25, 0.3) is 0 Å². The predicted octanol–water partition coefficient (Wildman–Crippen LogP) is 5.68. The van der Waals surface area contributed by atoms with Gasteiger partial charge in [-0.15, -0.1) is 0 Å². The van der Waals surface area contributed by atoms with Crippen LogP contribution >= 0.6 is 15.9 Å². The molecule has 0 bridgehead atoms. The van der Waals surface area contributed by atoms with E-state index in [-0.39, 0.29) is 17.3 Å². The number of nitrogens with zero attached hydrogens (tertiary/aromatic N) is 2. The molecule has 0 aliphatic rings. The summed E-state index contributed by atoms with van der Waals surface area (Å²) in [7, 11) is -4.08. The number of hydrogen-bond donors (Lipinski definition) is 1. The van der Waals surface area contributed by atoms with Gasteiger partial charge in [-0.3, -0.25) is 13.9 Å². The molecule has 0 unspecified atom stereocenters. The molecule has 9 heteroatoms. The van der Waals surface area contributed by atoms with Crippen molar-refractivity contribution in [3.63, 3.8) is 0 Å². The molecule has 0 spiro atoms. The first-order valence-electron chi connectivity index (χ1n) is 13.1. The Balaban J connectivity index is 2.02. The SMILES string of the molecule is CCCCNC(=O)[C@H](CC)N(Cc1cccc(C)c1)C(=O)CN(c1ccc(Br)cc1)S(=O)(=O)c1ccccc1. The van der Waals surface area contributed by atoms with Crippen LogP contribution < -0.4 is 9.62 Å². The Hall–Kier alpha value is -3.17. The highest BCUT2D eigenvalue weighted by Crippen LogP contribution is 2.26. The first kappa shape index (κ1) is 30.4. The smallest absolute Gasteiger partial charge is 0.264 e. The second-order valence-electron chi connectivity index (χ2n) is 9.38. The molecular weight excluding hydrogens is 578 g/mol. The third kappa shape index (κ3) is 8.16. The molecule has 3 aromatic carbocycles. The molecule has 1 N–H and O–H groups in total. The third-order valence-electron chi connectivity index (χ3n) is 6.38. The van der Waals surface area contributed by atoms with Crippen LogP contribution in [0.4, 0.5) is 5.69 Å². The zero-order valence-corrected chi connectivity index (χ0v) is 25.0. The normalized spacial score (nSPS) is 12.0. The first-order chi connectivity index (χ1) is 18.7. The molecule has 0 aliphatic heterocycles. The van der Waals surface area contributed by atoms with Gasteiger partial charge in [-0.2, -0.15) is 0 Å². The molecule has 0 saturated carbocycles. The van der Waals surface area contributed by atoms with Crippen LogP contribution in [-0.2, 0) is 26.2 Å². The maximum atomic E-state index is 14.0. The minimum Gasteiger partial charge on any atom is -0.354 e. The number of anilines is 1. The number of nitrogens with one attached hydrogen (secondary N) is 1. The van der Waals surface area contributed by atoms with Gasteiger partial charge in [0.1, 0.15) is 12.6 Å². The van der Waals surface area contributed by atoms with Gasteiger partial charge >= 0.3 is 0 Å². The largest absolute Gasteiger partial charge is 0.354 e. The predicted molar refractivity (Wildman–Crippen MR) is 159 cm³/mol. The van der Waals surface area contributed by atoms with Gasteiger partial charge in [0, 0.05) is 17.6 Å². The van der Waals surface area contributed by atoms with E-state index >= 15 is 0 Å². The highest BCUT2D eigenvalue weighted by molar-refractivity contribution is 9.10. The number of rotatable bonds is 13. The van der Waals surface area contributed by atoms with Crippen LogP contribution in [0.15, 0.2) is 88.2 Å². The number of benzene rings is 3. The molecule has 0 saturated heterocycles. The van der Waals surface area contributed by atoms with E-state index in [1.807, 2.05) is 45.0 Å². The molecule has 39 heavy (non-hydrogen) atoms. The standard InChI is InChI=1S/C30H36BrN3O4S/c1-4-6-19-32-30(36)28(5-2)33(21-24-12-10-11-23(3)20-24)29(35)22-34(26-17-15-25(31)16-18-26)39(37,38)27-13-8-7-9-14-27/h7-18,20,28H,4-6,19,21-22H2,1-3H3,(H,32,36)/t28-/m0/s1. The van der Waals surface area contributed by atoms with Crippen molar-refractivity contribution in [1.29, 1.82) is 0 Å². The fourth-order valence-electron chi connectivity index (χ4n) is 4.29. The van der Waals surface area contributed by atoms with E-state index in [9.17, 15) is 18.0 Å². The van der Waals surface area contributed by atoms with E-state index in [0.29, 0.717) is 18.7 Å². The molecule has 3 rings (SSSR count). The van der Waals surface area contributed by atoms with E-state index in [0.717, 1.165) is 32.7 Å². The van der Waals surface area contributed by atoms with Crippen LogP contribution in [0.3, 0.4) is 0 Å². The van der Waals surface area contributed by atoms with Gasteiger partial charge < -0.3 is 10.2 Å². The Morgan fingerprint density at radius 3 is 2.26 bits per heavy atom. The molecule has 0 heterocycles.